The highest BCUT2D eigenvalue weighted by molar-refractivity contribution is 6.33. The lowest BCUT2D eigenvalue weighted by Gasteiger charge is -2.14. The second-order valence-corrected chi connectivity index (χ2v) is 5.73. The van der Waals surface area contributed by atoms with Crippen LogP contribution in [0.25, 0.3) is 0 Å². The predicted octanol–water partition coefficient (Wildman–Crippen LogP) is 3.74. The zero-order valence-corrected chi connectivity index (χ0v) is 14.2. The number of nitro groups is 1. The highest BCUT2D eigenvalue weighted by Gasteiger charge is 2.22. The number of anilines is 1. The molecule has 0 saturated carbocycles. The van der Waals surface area contributed by atoms with Gasteiger partial charge in [0.25, 0.3) is 11.6 Å². The zero-order valence-electron chi connectivity index (χ0n) is 13.5. The van der Waals surface area contributed by atoms with Crippen LogP contribution in [0.5, 0.6) is 0 Å². The van der Waals surface area contributed by atoms with E-state index in [9.17, 15) is 19.7 Å². The van der Waals surface area contributed by atoms with E-state index < -0.39 is 22.9 Å². The lowest BCUT2D eigenvalue weighted by atomic mass is 10.2. The van der Waals surface area contributed by atoms with Crippen LogP contribution in [-0.4, -0.2) is 22.9 Å². The minimum absolute atomic E-state index is 0.00161. The Kier molecular flexibility index (Phi) is 5.71. The number of non-ortho nitro benzene ring substituents is 1. The van der Waals surface area contributed by atoms with Gasteiger partial charge in [0.05, 0.1) is 15.5 Å². The van der Waals surface area contributed by atoms with Crippen LogP contribution in [-0.2, 0) is 9.53 Å². The van der Waals surface area contributed by atoms with Gasteiger partial charge in [-0.15, -0.1) is 0 Å². The maximum absolute atomic E-state index is 12.1. The van der Waals surface area contributed by atoms with Crippen LogP contribution in [0.1, 0.15) is 22.8 Å². The first-order valence-electron chi connectivity index (χ1n) is 7.30. The van der Waals surface area contributed by atoms with Crippen molar-refractivity contribution in [3.8, 4) is 0 Å². The molecule has 1 unspecified atom stereocenters. The predicted molar refractivity (Wildman–Crippen MR) is 92.8 cm³/mol. The fourth-order valence-electron chi connectivity index (χ4n) is 1.94. The van der Waals surface area contributed by atoms with Crippen molar-refractivity contribution < 1.29 is 19.2 Å². The summed E-state index contributed by atoms with van der Waals surface area (Å²) >= 11 is 5.88. The Labute approximate surface area is 148 Å². The molecular formula is C17H15ClN2O5. The highest BCUT2D eigenvalue weighted by atomic mass is 35.5. The van der Waals surface area contributed by atoms with E-state index in [0.717, 1.165) is 11.6 Å². The summed E-state index contributed by atoms with van der Waals surface area (Å²) in [6.45, 7) is 3.31. The molecule has 0 aliphatic rings. The van der Waals surface area contributed by atoms with Crippen molar-refractivity contribution >= 4 is 34.9 Å². The molecule has 0 aromatic heterocycles. The van der Waals surface area contributed by atoms with Crippen LogP contribution in [0.4, 0.5) is 11.4 Å². The van der Waals surface area contributed by atoms with Gasteiger partial charge in [0.15, 0.2) is 6.10 Å². The average Bonchev–Trinajstić information content (AvgIpc) is 2.56. The quantitative estimate of drug-likeness (QED) is 0.496. The molecule has 7 nitrogen and oxygen atoms in total. The molecule has 0 spiro atoms. The number of esters is 1. The lowest BCUT2D eigenvalue weighted by molar-refractivity contribution is -0.384. The van der Waals surface area contributed by atoms with E-state index in [1.54, 1.807) is 12.1 Å². The number of hydrogen-bond donors (Lipinski definition) is 1. The molecule has 1 N–H and O–H groups in total. The third kappa shape index (κ3) is 4.77. The molecule has 25 heavy (non-hydrogen) atoms. The van der Waals surface area contributed by atoms with Gasteiger partial charge in [-0.3, -0.25) is 14.9 Å². The molecular weight excluding hydrogens is 348 g/mol. The zero-order chi connectivity index (χ0) is 18.6. The number of nitro benzene ring substituents is 1. The molecule has 0 fully saturated rings. The Morgan fingerprint density at radius 1 is 1.20 bits per heavy atom. The van der Waals surface area contributed by atoms with Crippen LogP contribution in [0.3, 0.4) is 0 Å². The lowest BCUT2D eigenvalue weighted by Crippen LogP contribution is -2.30. The molecule has 2 aromatic carbocycles. The van der Waals surface area contributed by atoms with Gasteiger partial charge >= 0.3 is 5.97 Å². The van der Waals surface area contributed by atoms with E-state index in [-0.39, 0.29) is 16.3 Å². The van der Waals surface area contributed by atoms with E-state index >= 15 is 0 Å². The van der Waals surface area contributed by atoms with Crippen LogP contribution in [0.2, 0.25) is 5.02 Å². The van der Waals surface area contributed by atoms with Crippen molar-refractivity contribution in [2.45, 2.75) is 20.0 Å². The summed E-state index contributed by atoms with van der Waals surface area (Å²) in [6.07, 6.45) is -1.11. The molecule has 0 bridgehead atoms. The number of carbonyl (C=O) groups excluding carboxylic acids is 2. The summed E-state index contributed by atoms with van der Waals surface area (Å²) < 4.78 is 5.05. The standard InChI is InChI=1S/C17H15ClN2O5/c1-10-3-5-12(6-4-10)19-16(21)11(2)25-17(22)14-9-13(20(23)24)7-8-15(14)18/h3-9,11H,1-2H3,(H,19,21). The molecule has 1 atom stereocenters. The first-order chi connectivity index (χ1) is 11.8. The Morgan fingerprint density at radius 3 is 2.44 bits per heavy atom. The summed E-state index contributed by atoms with van der Waals surface area (Å²) in [6, 6.07) is 10.5. The number of hydrogen-bond acceptors (Lipinski definition) is 5. The topological polar surface area (TPSA) is 98.5 Å². The second-order valence-electron chi connectivity index (χ2n) is 5.32. The fourth-order valence-corrected chi connectivity index (χ4v) is 2.14. The fraction of sp³-hybridized carbons (Fsp3) is 0.176. The van der Waals surface area contributed by atoms with Gasteiger partial charge in [0.2, 0.25) is 0 Å². The van der Waals surface area contributed by atoms with Crippen molar-refractivity contribution in [2.75, 3.05) is 5.32 Å². The first kappa shape index (κ1) is 18.4. The van der Waals surface area contributed by atoms with Crippen molar-refractivity contribution in [1.29, 1.82) is 0 Å². The average molecular weight is 363 g/mol. The minimum atomic E-state index is -1.11. The number of amides is 1. The van der Waals surface area contributed by atoms with Crippen molar-refractivity contribution in [3.63, 3.8) is 0 Å². The number of carbonyl (C=O) groups is 2. The van der Waals surface area contributed by atoms with E-state index in [1.807, 2.05) is 19.1 Å². The SMILES string of the molecule is Cc1ccc(NC(=O)C(C)OC(=O)c2cc([N+](=O)[O-])ccc2Cl)cc1. The van der Waals surface area contributed by atoms with Crippen LogP contribution in [0, 0.1) is 17.0 Å². The maximum atomic E-state index is 12.1. The number of halogens is 1. The van der Waals surface area contributed by atoms with Gasteiger partial charge in [-0.25, -0.2) is 4.79 Å². The van der Waals surface area contributed by atoms with Gasteiger partial charge < -0.3 is 10.1 Å². The normalized spacial score (nSPS) is 11.5. The monoisotopic (exact) mass is 362 g/mol. The molecule has 0 saturated heterocycles. The minimum Gasteiger partial charge on any atom is -0.449 e. The Hall–Kier alpha value is -2.93. The van der Waals surface area contributed by atoms with Crippen molar-refractivity contribution in [3.05, 3.63) is 68.7 Å². The molecule has 2 rings (SSSR count). The summed E-state index contributed by atoms with van der Waals surface area (Å²) in [4.78, 5) is 34.4. The number of ether oxygens (including phenoxy) is 1. The van der Waals surface area contributed by atoms with Crippen molar-refractivity contribution in [2.24, 2.45) is 0 Å². The third-order valence-corrected chi connectivity index (χ3v) is 3.68. The Morgan fingerprint density at radius 2 is 1.84 bits per heavy atom. The second kappa shape index (κ2) is 7.76. The van der Waals surface area contributed by atoms with Crippen molar-refractivity contribution in [1.82, 2.24) is 0 Å². The van der Waals surface area contributed by atoms with Crippen LogP contribution >= 0.6 is 11.6 Å². The summed E-state index contributed by atoms with van der Waals surface area (Å²) in [5, 5.41) is 13.4. The number of rotatable bonds is 5. The van der Waals surface area contributed by atoms with Crippen LogP contribution < -0.4 is 5.32 Å². The smallest absolute Gasteiger partial charge is 0.340 e. The maximum Gasteiger partial charge on any atom is 0.340 e. The van der Waals surface area contributed by atoms with Crippen LogP contribution in [0.15, 0.2) is 42.5 Å². The molecule has 130 valence electrons. The van der Waals surface area contributed by atoms with E-state index in [2.05, 4.69) is 5.32 Å². The largest absolute Gasteiger partial charge is 0.449 e. The molecule has 0 aliphatic heterocycles. The van der Waals surface area contributed by atoms with E-state index in [0.29, 0.717) is 5.69 Å². The first-order valence-corrected chi connectivity index (χ1v) is 7.68. The molecule has 0 aliphatic carbocycles. The molecule has 0 radical (unpaired) electrons. The van der Waals surface area contributed by atoms with Gasteiger partial charge in [0.1, 0.15) is 0 Å². The summed E-state index contributed by atoms with van der Waals surface area (Å²) in [7, 11) is 0. The third-order valence-electron chi connectivity index (χ3n) is 3.35. The van der Waals surface area contributed by atoms with Gasteiger partial charge in [-0.05, 0) is 32.0 Å². The van der Waals surface area contributed by atoms with E-state index in [1.165, 1.54) is 19.1 Å². The summed E-state index contributed by atoms with van der Waals surface area (Å²) in [5.41, 5.74) is 1.13. The molecule has 1 amide bonds. The Bertz CT molecular complexity index is 820. The van der Waals surface area contributed by atoms with Gasteiger partial charge in [-0.1, -0.05) is 29.3 Å². The number of nitrogens with one attached hydrogen (secondary N) is 1. The summed E-state index contributed by atoms with van der Waals surface area (Å²) in [5.74, 6) is -1.45. The Balaban J connectivity index is 2.06. The molecule has 0 heterocycles. The van der Waals surface area contributed by atoms with Gasteiger partial charge in [-0.2, -0.15) is 0 Å². The molecule has 8 heteroatoms. The number of nitrogens with zero attached hydrogens (tertiary/aromatic N) is 1. The highest BCUT2D eigenvalue weighted by Crippen LogP contribution is 2.23. The van der Waals surface area contributed by atoms with Gasteiger partial charge in [0, 0.05) is 17.8 Å². The molecule has 2 aromatic rings. The number of benzene rings is 2. The van der Waals surface area contributed by atoms with E-state index in [4.69, 9.17) is 16.3 Å². The number of aryl methyl sites for hydroxylation is 1.